The van der Waals surface area contributed by atoms with E-state index in [2.05, 4.69) is 19.1 Å². The SMILES string of the molecule is [CH]=CC=CC=CCCCCCCCCCCCCCCCCCCC. The summed E-state index contributed by atoms with van der Waals surface area (Å²) in [5.74, 6) is 0. The van der Waals surface area contributed by atoms with E-state index in [0.29, 0.717) is 0 Å². The second-order valence-electron chi connectivity index (χ2n) is 7.45. The van der Waals surface area contributed by atoms with E-state index in [-0.39, 0.29) is 0 Å². The van der Waals surface area contributed by atoms with Crippen LogP contribution in [0.2, 0.25) is 0 Å². The van der Waals surface area contributed by atoms with Crippen molar-refractivity contribution in [1.82, 2.24) is 0 Å². The van der Waals surface area contributed by atoms with Crippen LogP contribution in [0.15, 0.2) is 30.4 Å². The van der Waals surface area contributed by atoms with Crippen LogP contribution in [0.5, 0.6) is 0 Å². The summed E-state index contributed by atoms with van der Waals surface area (Å²) in [6.45, 7) is 7.56. The van der Waals surface area contributed by atoms with Gasteiger partial charge in [-0.2, -0.15) is 0 Å². The van der Waals surface area contributed by atoms with Gasteiger partial charge in [0, 0.05) is 0 Å². The Labute approximate surface area is 159 Å². The van der Waals surface area contributed by atoms with E-state index in [1.165, 1.54) is 116 Å². The van der Waals surface area contributed by atoms with Gasteiger partial charge in [0.2, 0.25) is 0 Å². The molecule has 0 aliphatic heterocycles. The highest BCUT2D eigenvalue weighted by Crippen LogP contribution is 2.14. The Kier molecular flexibility index (Phi) is 22.5. The van der Waals surface area contributed by atoms with Crippen LogP contribution in [-0.2, 0) is 0 Å². The minimum absolute atomic E-state index is 1.20. The summed E-state index contributed by atoms with van der Waals surface area (Å²) in [5, 5.41) is 0. The summed E-state index contributed by atoms with van der Waals surface area (Å²) < 4.78 is 0. The van der Waals surface area contributed by atoms with E-state index in [9.17, 15) is 0 Å². The van der Waals surface area contributed by atoms with Crippen LogP contribution in [0.3, 0.4) is 0 Å². The zero-order valence-electron chi connectivity index (χ0n) is 17.2. The molecule has 0 heteroatoms. The van der Waals surface area contributed by atoms with Gasteiger partial charge >= 0.3 is 0 Å². The van der Waals surface area contributed by atoms with Crippen LogP contribution in [-0.4, -0.2) is 0 Å². The van der Waals surface area contributed by atoms with Gasteiger partial charge in [-0.05, 0) is 12.8 Å². The predicted molar refractivity (Wildman–Crippen MR) is 116 cm³/mol. The average Bonchev–Trinajstić information content (AvgIpc) is 2.63. The predicted octanol–water partition coefficient (Wildman–Crippen LogP) is 9.13. The molecule has 0 aromatic rings. The van der Waals surface area contributed by atoms with Crippen molar-refractivity contribution in [2.75, 3.05) is 0 Å². The third-order valence-corrected chi connectivity index (χ3v) is 4.94. The van der Waals surface area contributed by atoms with Crippen molar-refractivity contribution in [3.8, 4) is 0 Å². The molecule has 1 radical (unpaired) electrons. The first-order chi connectivity index (χ1) is 12.4. The standard InChI is InChI=1S/C25H45/c1-3-5-7-9-11-13-15-17-19-21-23-25-24-22-20-18-16-14-12-10-8-6-4-2/h1,3,5,7,9,11H,4,6,8,10,12-25H2,2H3. The van der Waals surface area contributed by atoms with Crippen molar-refractivity contribution in [3.05, 3.63) is 37.0 Å². The maximum Gasteiger partial charge on any atom is -0.0348 e. The van der Waals surface area contributed by atoms with Crippen LogP contribution in [0, 0.1) is 6.58 Å². The number of hydrogen-bond donors (Lipinski definition) is 0. The second-order valence-corrected chi connectivity index (χ2v) is 7.45. The van der Waals surface area contributed by atoms with Crippen molar-refractivity contribution in [1.29, 1.82) is 0 Å². The highest BCUT2D eigenvalue weighted by atomic mass is 14.0. The summed E-state index contributed by atoms with van der Waals surface area (Å²) >= 11 is 0. The summed E-state index contributed by atoms with van der Waals surface area (Å²) in [5.41, 5.74) is 0. The molecular formula is C25H45. The summed E-state index contributed by atoms with van der Waals surface area (Å²) in [7, 11) is 0. The van der Waals surface area contributed by atoms with Crippen molar-refractivity contribution in [3.63, 3.8) is 0 Å². The second kappa shape index (κ2) is 23.2. The van der Waals surface area contributed by atoms with E-state index in [4.69, 9.17) is 6.58 Å². The minimum Gasteiger partial charge on any atom is -0.0845 e. The number of rotatable bonds is 20. The van der Waals surface area contributed by atoms with Crippen molar-refractivity contribution >= 4 is 0 Å². The molecule has 0 saturated carbocycles. The topological polar surface area (TPSA) is 0 Å². The van der Waals surface area contributed by atoms with Gasteiger partial charge < -0.3 is 0 Å². The molecule has 0 atom stereocenters. The molecule has 145 valence electrons. The normalized spacial score (nSPS) is 11.7. The van der Waals surface area contributed by atoms with Gasteiger partial charge in [-0.3, -0.25) is 0 Å². The molecule has 0 amide bonds. The molecule has 0 N–H and O–H groups in total. The largest absolute Gasteiger partial charge is 0.0845 e. The fraction of sp³-hybridized carbons (Fsp3) is 0.760. The Morgan fingerprint density at radius 2 is 0.880 bits per heavy atom. The van der Waals surface area contributed by atoms with Crippen LogP contribution in [0.25, 0.3) is 0 Å². The van der Waals surface area contributed by atoms with Gasteiger partial charge in [-0.1, -0.05) is 147 Å². The Bertz CT molecular complexity index is 297. The summed E-state index contributed by atoms with van der Waals surface area (Å²) in [6, 6.07) is 0. The Hall–Kier alpha value is -0.780. The molecule has 0 aliphatic carbocycles. The first kappa shape index (κ1) is 24.2. The van der Waals surface area contributed by atoms with Gasteiger partial charge in [0.1, 0.15) is 0 Å². The highest BCUT2D eigenvalue weighted by Gasteiger charge is 1.94. The fourth-order valence-corrected chi connectivity index (χ4v) is 3.29. The maximum absolute atomic E-state index is 5.27. The quantitative estimate of drug-likeness (QED) is 0.152. The average molecular weight is 346 g/mol. The highest BCUT2D eigenvalue weighted by molar-refractivity contribution is 5.07. The molecule has 0 aromatic carbocycles. The third-order valence-electron chi connectivity index (χ3n) is 4.94. The smallest absolute Gasteiger partial charge is 0.0348 e. The maximum atomic E-state index is 5.27. The molecule has 0 heterocycles. The van der Waals surface area contributed by atoms with Gasteiger partial charge in [-0.25, -0.2) is 0 Å². The van der Waals surface area contributed by atoms with Crippen LogP contribution >= 0.6 is 0 Å². The minimum atomic E-state index is 1.20. The zero-order chi connectivity index (χ0) is 18.3. The molecule has 0 rings (SSSR count). The van der Waals surface area contributed by atoms with Gasteiger partial charge in [0.25, 0.3) is 0 Å². The zero-order valence-corrected chi connectivity index (χ0v) is 17.2. The fourth-order valence-electron chi connectivity index (χ4n) is 3.29. The number of hydrogen-bond acceptors (Lipinski definition) is 0. The van der Waals surface area contributed by atoms with Crippen LogP contribution in [0.4, 0.5) is 0 Å². The van der Waals surface area contributed by atoms with Crippen molar-refractivity contribution in [2.45, 2.75) is 122 Å². The molecule has 0 nitrogen and oxygen atoms in total. The molecule has 0 aliphatic rings. The van der Waals surface area contributed by atoms with Crippen molar-refractivity contribution in [2.24, 2.45) is 0 Å². The molecule has 0 bridgehead atoms. The Balaban J connectivity index is 3.04. The lowest BCUT2D eigenvalue weighted by Gasteiger charge is -2.03. The number of allylic oxidation sites excluding steroid dienone is 5. The van der Waals surface area contributed by atoms with Crippen molar-refractivity contribution < 1.29 is 0 Å². The van der Waals surface area contributed by atoms with E-state index in [1.54, 1.807) is 6.08 Å². The Morgan fingerprint density at radius 3 is 1.28 bits per heavy atom. The Morgan fingerprint density at radius 1 is 0.480 bits per heavy atom. The van der Waals surface area contributed by atoms with Gasteiger partial charge in [0.15, 0.2) is 0 Å². The van der Waals surface area contributed by atoms with Crippen LogP contribution < -0.4 is 0 Å². The lowest BCUT2D eigenvalue weighted by molar-refractivity contribution is 0.527. The molecule has 0 saturated heterocycles. The number of unbranched alkanes of at least 4 members (excludes halogenated alkanes) is 17. The molecule has 0 spiro atoms. The van der Waals surface area contributed by atoms with E-state index < -0.39 is 0 Å². The van der Waals surface area contributed by atoms with E-state index in [0.717, 1.165) is 0 Å². The van der Waals surface area contributed by atoms with E-state index in [1.807, 2.05) is 12.2 Å². The molecule has 0 fully saturated rings. The first-order valence-electron chi connectivity index (χ1n) is 11.3. The monoisotopic (exact) mass is 345 g/mol. The molecule has 0 aromatic heterocycles. The van der Waals surface area contributed by atoms with E-state index >= 15 is 0 Å². The lowest BCUT2D eigenvalue weighted by atomic mass is 10.0. The summed E-state index contributed by atoms with van der Waals surface area (Å²) in [4.78, 5) is 0. The summed E-state index contributed by atoms with van der Waals surface area (Å²) in [6.07, 6.45) is 35.4. The lowest BCUT2D eigenvalue weighted by Crippen LogP contribution is -1.83. The first-order valence-corrected chi connectivity index (χ1v) is 11.3. The third kappa shape index (κ3) is 23.2. The molecular weight excluding hydrogens is 300 g/mol. The van der Waals surface area contributed by atoms with Gasteiger partial charge in [0.05, 0.1) is 0 Å². The molecule has 0 unspecified atom stereocenters. The molecule has 25 heavy (non-hydrogen) atoms. The van der Waals surface area contributed by atoms with Gasteiger partial charge in [-0.15, -0.1) is 0 Å². The van der Waals surface area contributed by atoms with Crippen LogP contribution in [0.1, 0.15) is 122 Å².